The fourth-order valence-corrected chi connectivity index (χ4v) is 5.82. The number of esters is 1. The van der Waals surface area contributed by atoms with Gasteiger partial charge in [-0.3, -0.25) is 4.84 Å². The first-order valence-electron chi connectivity index (χ1n) is 16.7. The van der Waals surface area contributed by atoms with E-state index in [-0.39, 0.29) is 38.6 Å². The van der Waals surface area contributed by atoms with Crippen LogP contribution in [0.25, 0.3) is 0 Å². The van der Waals surface area contributed by atoms with Gasteiger partial charge in [-0.1, -0.05) is 43.1 Å². The maximum atomic E-state index is 12.7. The van der Waals surface area contributed by atoms with Gasteiger partial charge in [0.1, 0.15) is 28.7 Å². The number of hydrogen-bond donors (Lipinski definition) is 2. The standard InChI is InChI=1S/C22H28N2O5.C17H11Cl2F3O5/c1-21(2)14-22(3,26-5)29-19-13-17(11-12-18(19)21)28-16-9-7-15(8-10-16)23-20(25)24(4)27-6;1-8(15(23)24)26-16(25)11-7-10(3-4-12(11)18)27-14-5-2-9(6-13(14)19)17(20,21)22/h7-13H,14H2,1-6H3,(H,23,25);2-8H,1H3,(H,23,24)/t;8-/m.0/s1. The van der Waals surface area contributed by atoms with E-state index in [1.54, 1.807) is 31.4 Å². The molecule has 0 aliphatic carbocycles. The molecule has 0 bridgehead atoms. The highest BCUT2D eigenvalue weighted by molar-refractivity contribution is 6.33. The van der Waals surface area contributed by atoms with Crippen molar-refractivity contribution in [3.8, 4) is 28.7 Å². The van der Waals surface area contributed by atoms with Crippen LogP contribution in [0.2, 0.25) is 10.0 Å². The van der Waals surface area contributed by atoms with Gasteiger partial charge in [-0.05, 0) is 79.1 Å². The molecule has 300 valence electrons. The Morgan fingerprint density at radius 3 is 2.09 bits per heavy atom. The van der Waals surface area contributed by atoms with E-state index in [2.05, 4.69) is 19.2 Å². The monoisotopic (exact) mass is 822 g/mol. The zero-order chi connectivity index (χ0) is 41.6. The van der Waals surface area contributed by atoms with Gasteiger partial charge in [0.05, 0.1) is 28.3 Å². The van der Waals surface area contributed by atoms with E-state index in [1.165, 1.54) is 26.3 Å². The Labute approximate surface area is 330 Å². The molecule has 2 N–H and O–H groups in total. The minimum absolute atomic E-state index is 0.0246. The summed E-state index contributed by atoms with van der Waals surface area (Å²) in [6.45, 7) is 7.47. The lowest BCUT2D eigenvalue weighted by atomic mass is 9.76. The second-order valence-corrected chi connectivity index (χ2v) is 14.0. The Bertz CT molecular complexity index is 2060. The Kier molecular flexibility index (Phi) is 13.8. The molecule has 4 aromatic carbocycles. The SMILES string of the molecule is CON(C)C(=O)Nc1ccc(Oc2ccc3c(c2)OC(C)(OC)CC3(C)C)cc1.C[C@H](OC(=O)c1cc(Oc2ccc(C(F)(F)F)cc2Cl)ccc1Cl)C(=O)O. The molecule has 1 aliphatic heterocycles. The average molecular weight is 824 g/mol. The topological polar surface area (TPSA) is 142 Å². The number of carbonyl (C=O) groups is 3. The van der Waals surface area contributed by atoms with Gasteiger partial charge in [-0.2, -0.15) is 13.2 Å². The molecule has 4 aromatic rings. The average Bonchev–Trinajstić information content (AvgIpc) is 3.12. The molecule has 0 spiro atoms. The Balaban J connectivity index is 0.000000249. The molecule has 12 nitrogen and oxygen atoms in total. The Morgan fingerprint density at radius 1 is 0.875 bits per heavy atom. The molecular weight excluding hydrogens is 784 g/mol. The Morgan fingerprint density at radius 2 is 1.50 bits per heavy atom. The number of halogens is 5. The third-order valence-corrected chi connectivity index (χ3v) is 9.01. The van der Waals surface area contributed by atoms with Crippen molar-refractivity contribution < 1.29 is 61.2 Å². The molecule has 2 amide bonds. The number of hydroxylamine groups is 2. The molecule has 1 heterocycles. The maximum Gasteiger partial charge on any atom is 0.416 e. The highest BCUT2D eigenvalue weighted by Crippen LogP contribution is 2.46. The van der Waals surface area contributed by atoms with Crippen molar-refractivity contribution in [2.45, 2.75) is 57.6 Å². The first-order chi connectivity index (χ1) is 26.1. The number of ether oxygens (including phenoxy) is 5. The highest BCUT2D eigenvalue weighted by atomic mass is 35.5. The zero-order valence-electron chi connectivity index (χ0n) is 31.2. The van der Waals surface area contributed by atoms with Crippen LogP contribution in [0.4, 0.5) is 23.7 Å². The largest absolute Gasteiger partial charge is 0.479 e. The van der Waals surface area contributed by atoms with E-state index < -0.39 is 35.6 Å². The number of rotatable bonds is 10. The van der Waals surface area contributed by atoms with Crippen molar-refractivity contribution in [2.24, 2.45) is 0 Å². The van der Waals surface area contributed by atoms with Crippen LogP contribution >= 0.6 is 23.2 Å². The van der Waals surface area contributed by atoms with Crippen molar-refractivity contribution >= 4 is 46.9 Å². The number of amides is 2. The summed E-state index contributed by atoms with van der Waals surface area (Å²) in [5.74, 6) is -0.994. The van der Waals surface area contributed by atoms with E-state index in [0.717, 1.165) is 47.9 Å². The number of fused-ring (bicyclic) bond motifs is 1. The van der Waals surface area contributed by atoms with Gasteiger partial charge >= 0.3 is 24.1 Å². The molecule has 5 rings (SSSR count). The third kappa shape index (κ3) is 11.2. The van der Waals surface area contributed by atoms with Crippen LogP contribution in [0.3, 0.4) is 0 Å². The van der Waals surface area contributed by atoms with Crippen molar-refractivity contribution in [1.82, 2.24) is 5.06 Å². The van der Waals surface area contributed by atoms with Crippen molar-refractivity contribution in [1.29, 1.82) is 0 Å². The molecule has 17 heteroatoms. The minimum atomic E-state index is -4.56. The smallest absolute Gasteiger partial charge is 0.416 e. The van der Waals surface area contributed by atoms with Crippen LogP contribution in [-0.4, -0.2) is 61.3 Å². The number of benzene rings is 4. The number of urea groups is 1. The number of nitrogens with one attached hydrogen (secondary N) is 1. The number of carboxylic acid groups (broad SMARTS) is 1. The summed E-state index contributed by atoms with van der Waals surface area (Å²) in [6, 6.07) is 18.9. The summed E-state index contributed by atoms with van der Waals surface area (Å²) in [5.41, 5.74) is 0.567. The van der Waals surface area contributed by atoms with Crippen molar-refractivity contribution in [3.05, 3.63) is 106 Å². The van der Waals surface area contributed by atoms with Gasteiger partial charge in [-0.15, -0.1) is 0 Å². The zero-order valence-corrected chi connectivity index (χ0v) is 32.8. The summed E-state index contributed by atoms with van der Waals surface area (Å²) in [4.78, 5) is 39.5. The van der Waals surface area contributed by atoms with Crippen LogP contribution < -0.4 is 19.5 Å². The van der Waals surface area contributed by atoms with Gasteiger partial charge in [0.2, 0.25) is 5.79 Å². The van der Waals surface area contributed by atoms with Gasteiger partial charge in [0.25, 0.3) is 0 Å². The van der Waals surface area contributed by atoms with E-state index in [0.29, 0.717) is 23.3 Å². The first-order valence-corrected chi connectivity index (χ1v) is 17.4. The molecule has 0 saturated carbocycles. The maximum absolute atomic E-state index is 12.7. The third-order valence-electron chi connectivity index (χ3n) is 8.38. The molecular formula is C39H39Cl2F3N2O10. The van der Waals surface area contributed by atoms with Crippen LogP contribution in [0.1, 0.15) is 55.6 Å². The number of carboxylic acids is 1. The minimum Gasteiger partial charge on any atom is -0.479 e. The fourth-order valence-electron chi connectivity index (χ4n) is 5.40. The molecule has 0 radical (unpaired) electrons. The summed E-state index contributed by atoms with van der Waals surface area (Å²) in [5, 5.41) is 12.3. The van der Waals surface area contributed by atoms with Crippen LogP contribution in [0, 0.1) is 0 Å². The van der Waals surface area contributed by atoms with E-state index in [9.17, 15) is 27.6 Å². The molecule has 0 aromatic heterocycles. The second kappa shape index (κ2) is 17.7. The van der Waals surface area contributed by atoms with Crippen LogP contribution in [0.15, 0.2) is 78.9 Å². The molecule has 2 atom stereocenters. The summed E-state index contributed by atoms with van der Waals surface area (Å²) >= 11 is 11.7. The molecule has 56 heavy (non-hydrogen) atoms. The lowest BCUT2D eigenvalue weighted by molar-refractivity contribution is -0.172. The number of carbonyl (C=O) groups excluding carboxylic acids is 2. The number of alkyl halides is 3. The summed E-state index contributed by atoms with van der Waals surface area (Å²) < 4.78 is 65.8. The Hall–Kier alpha value is -5.22. The number of aliphatic carboxylic acids is 1. The fraction of sp³-hybridized carbons (Fsp3) is 0.308. The van der Waals surface area contributed by atoms with Gasteiger partial charge < -0.3 is 34.1 Å². The molecule has 1 unspecified atom stereocenters. The number of methoxy groups -OCH3 is 1. The van der Waals surface area contributed by atoms with Gasteiger partial charge in [0.15, 0.2) is 6.10 Å². The van der Waals surface area contributed by atoms with Gasteiger partial charge in [-0.25, -0.2) is 19.4 Å². The quantitative estimate of drug-likeness (QED) is 0.117. The van der Waals surface area contributed by atoms with E-state index in [1.807, 2.05) is 25.1 Å². The predicted octanol–water partition coefficient (Wildman–Crippen LogP) is 10.4. The first kappa shape index (κ1) is 43.5. The van der Waals surface area contributed by atoms with Gasteiger partial charge in [0, 0.05) is 44.8 Å². The number of nitrogens with zero attached hydrogens (tertiary/aromatic N) is 1. The lowest BCUT2D eigenvalue weighted by Gasteiger charge is -2.43. The molecule has 1 aliphatic rings. The number of anilines is 1. The van der Waals surface area contributed by atoms with E-state index in [4.69, 9.17) is 56.8 Å². The lowest BCUT2D eigenvalue weighted by Crippen LogP contribution is -2.45. The van der Waals surface area contributed by atoms with E-state index >= 15 is 0 Å². The van der Waals surface area contributed by atoms with Crippen molar-refractivity contribution in [2.75, 3.05) is 26.6 Å². The molecule has 0 fully saturated rings. The number of hydrogen-bond acceptors (Lipinski definition) is 9. The van der Waals surface area contributed by atoms with Crippen LogP contribution in [0.5, 0.6) is 28.7 Å². The highest BCUT2D eigenvalue weighted by Gasteiger charge is 2.42. The summed E-state index contributed by atoms with van der Waals surface area (Å²) in [6.07, 6.45) is -5.20. The summed E-state index contributed by atoms with van der Waals surface area (Å²) in [7, 11) is 4.61. The van der Waals surface area contributed by atoms with Crippen molar-refractivity contribution in [3.63, 3.8) is 0 Å². The van der Waals surface area contributed by atoms with Crippen LogP contribution in [-0.2, 0) is 30.7 Å². The second-order valence-electron chi connectivity index (χ2n) is 13.2. The predicted molar refractivity (Wildman–Crippen MR) is 201 cm³/mol. The normalized spacial score (nSPS) is 16.1. The molecule has 0 saturated heterocycles.